The zero-order chi connectivity index (χ0) is 15.2. The van der Waals surface area contributed by atoms with Crippen LogP contribution in [0.4, 0.5) is 4.79 Å². The molecule has 0 aromatic heterocycles. The Labute approximate surface area is 117 Å². The molecule has 0 radical (unpaired) electrons. The molecular formula is C12H21N3O5. The summed E-state index contributed by atoms with van der Waals surface area (Å²) >= 11 is 0. The number of primary amides is 1. The fourth-order valence-electron chi connectivity index (χ4n) is 2.04. The van der Waals surface area contributed by atoms with Gasteiger partial charge >= 0.3 is 12.0 Å². The smallest absolute Gasteiger partial charge is 0.326 e. The van der Waals surface area contributed by atoms with E-state index in [1.165, 1.54) is 0 Å². The van der Waals surface area contributed by atoms with Gasteiger partial charge in [0.1, 0.15) is 6.04 Å². The second-order valence-electron chi connectivity index (χ2n) is 5.21. The second kappa shape index (κ2) is 7.09. The highest BCUT2D eigenvalue weighted by atomic mass is 16.5. The largest absolute Gasteiger partial charge is 0.480 e. The Bertz CT molecular complexity index is 379. The average molecular weight is 287 g/mol. The van der Waals surface area contributed by atoms with Crippen LogP contribution in [0.15, 0.2) is 0 Å². The summed E-state index contributed by atoms with van der Waals surface area (Å²) in [6, 6.07) is -1.73. The molecule has 0 spiro atoms. The lowest BCUT2D eigenvalue weighted by molar-refractivity contribution is -0.139. The molecular weight excluding hydrogens is 266 g/mol. The Balaban J connectivity index is 2.48. The van der Waals surface area contributed by atoms with Crippen molar-refractivity contribution in [1.82, 2.24) is 10.6 Å². The summed E-state index contributed by atoms with van der Waals surface area (Å²) in [4.78, 5) is 33.5. The summed E-state index contributed by atoms with van der Waals surface area (Å²) in [5.74, 6) is -1.81. The molecule has 114 valence electrons. The standard InChI is InChI=1S/C12H21N3O5/c1-12(5-2-6-20-7-12)15-11(19)14-8(10(17)18)3-4-9(13)16/h8H,2-7H2,1H3,(H2,13,16)(H,17,18)(H2,14,15,19). The summed E-state index contributed by atoms with van der Waals surface area (Å²) in [7, 11) is 0. The number of aliphatic carboxylic acids is 1. The number of hydrogen-bond acceptors (Lipinski definition) is 4. The van der Waals surface area contributed by atoms with E-state index in [0.29, 0.717) is 13.2 Å². The van der Waals surface area contributed by atoms with Gasteiger partial charge in [0.2, 0.25) is 5.91 Å². The summed E-state index contributed by atoms with van der Waals surface area (Å²) in [6.07, 6.45) is 1.46. The predicted molar refractivity (Wildman–Crippen MR) is 70.0 cm³/mol. The Morgan fingerprint density at radius 1 is 1.45 bits per heavy atom. The number of carboxylic acids is 1. The molecule has 0 aromatic carbocycles. The Kier molecular flexibility index (Phi) is 5.75. The Morgan fingerprint density at radius 2 is 2.15 bits per heavy atom. The summed E-state index contributed by atoms with van der Waals surface area (Å²) in [5.41, 5.74) is 4.46. The van der Waals surface area contributed by atoms with Crippen molar-refractivity contribution >= 4 is 17.9 Å². The summed E-state index contributed by atoms with van der Waals surface area (Å²) in [5, 5.41) is 14.0. The first kappa shape index (κ1) is 16.2. The molecule has 8 nitrogen and oxygen atoms in total. The van der Waals surface area contributed by atoms with Gasteiger partial charge in [-0.25, -0.2) is 9.59 Å². The zero-order valence-electron chi connectivity index (χ0n) is 11.5. The van der Waals surface area contributed by atoms with E-state index >= 15 is 0 Å². The van der Waals surface area contributed by atoms with E-state index in [1.807, 2.05) is 6.92 Å². The van der Waals surface area contributed by atoms with Gasteiger partial charge in [-0.2, -0.15) is 0 Å². The van der Waals surface area contributed by atoms with Crippen LogP contribution in [0, 0.1) is 0 Å². The van der Waals surface area contributed by atoms with E-state index in [1.54, 1.807) is 0 Å². The van der Waals surface area contributed by atoms with Crippen LogP contribution in [0.2, 0.25) is 0 Å². The normalized spacial score (nSPS) is 23.6. The molecule has 1 aliphatic rings. The first-order valence-corrected chi connectivity index (χ1v) is 6.50. The topological polar surface area (TPSA) is 131 Å². The van der Waals surface area contributed by atoms with Gasteiger partial charge in [0.15, 0.2) is 0 Å². The van der Waals surface area contributed by atoms with Gasteiger partial charge in [-0.3, -0.25) is 4.79 Å². The molecule has 0 aromatic rings. The third-order valence-electron chi connectivity index (χ3n) is 3.14. The van der Waals surface area contributed by atoms with Gasteiger partial charge < -0.3 is 26.2 Å². The zero-order valence-corrected chi connectivity index (χ0v) is 11.5. The SMILES string of the molecule is CC1(NC(=O)NC(CCC(N)=O)C(=O)O)CCCOC1. The van der Waals surface area contributed by atoms with Crippen molar-refractivity contribution < 1.29 is 24.2 Å². The fraction of sp³-hybridized carbons (Fsp3) is 0.750. The molecule has 0 aliphatic carbocycles. The lowest BCUT2D eigenvalue weighted by Crippen LogP contribution is -2.57. The highest BCUT2D eigenvalue weighted by Gasteiger charge is 2.30. The number of hydrogen-bond donors (Lipinski definition) is 4. The van der Waals surface area contributed by atoms with E-state index in [2.05, 4.69) is 10.6 Å². The highest BCUT2D eigenvalue weighted by Crippen LogP contribution is 2.18. The molecule has 1 heterocycles. The van der Waals surface area contributed by atoms with Crippen molar-refractivity contribution in [2.45, 2.75) is 44.2 Å². The van der Waals surface area contributed by atoms with E-state index in [0.717, 1.165) is 12.8 Å². The van der Waals surface area contributed by atoms with Gasteiger partial charge in [-0.05, 0) is 26.2 Å². The molecule has 20 heavy (non-hydrogen) atoms. The minimum atomic E-state index is -1.20. The van der Waals surface area contributed by atoms with Crippen LogP contribution >= 0.6 is 0 Å². The summed E-state index contributed by atoms with van der Waals surface area (Å²) in [6.45, 7) is 2.89. The van der Waals surface area contributed by atoms with Crippen molar-refractivity contribution in [3.8, 4) is 0 Å². The van der Waals surface area contributed by atoms with Crippen LogP contribution in [0.25, 0.3) is 0 Å². The minimum absolute atomic E-state index is 0.0364. The van der Waals surface area contributed by atoms with E-state index in [-0.39, 0.29) is 12.8 Å². The molecule has 2 unspecified atom stereocenters. The van der Waals surface area contributed by atoms with Gasteiger partial charge in [-0.1, -0.05) is 0 Å². The van der Waals surface area contributed by atoms with Crippen molar-refractivity contribution in [1.29, 1.82) is 0 Å². The van der Waals surface area contributed by atoms with Crippen molar-refractivity contribution in [3.05, 3.63) is 0 Å². The number of amides is 3. The van der Waals surface area contributed by atoms with Crippen LogP contribution in [0.5, 0.6) is 0 Å². The first-order valence-electron chi connectivity index (χ1n) is 6.50. The number of rotatable bonds is 6. The fourth-order valence-corrected chi connectivity index (χ4v) is 2.04. The maximum atomic E-state index is 11.8. The van der Waals surface area contributed by atoms with Crippen LogP contribution < -0.4 is 16.4 Å². The highest BCUT2D eigenvalue weighted by molar-refractivity contribution is 5.83. The van der Waals surface area contributed by atoms with E-state index in [9.17, 15) is 14.4 Å². The average Bonchev–Trinajstić information content (AvgIpc) is 2.34. The quantitative estimate of drug-likeness (QED) is 0.526. The number of urea groups is 1. The van der Waals surface area contributed by atoms with Crippen LogP contribution in [-0.4, -0.2) is 47.8 Å². The molecule has 1 aliphatic heterocycles. The van der Waals surface area contributed by atoms with Crippen molar-refractivity contribution in [2.75, 3.05) is 13.2 Å². The number of carboxylic acid groups (broad SMARTS) is 1. The number of ether oxygens (including phenoxy) is 1. The molecule has 1 saturated heterocycles. The molecule has 3 amide bonds. The molecule has 5 N–H and O–H groups in total. The molecule has 1 rings (SSSR count). The van der Waals surface area contributed by atoms with Gasteiger partial charge in [0.05, 0.1) is 12.1 Å². The Morgan fingerprint density at radius 3 is 2.65 bits per heavy atom. The van der Waals surface area contributed by atoms with Crippen molar-refractivity contribution in [3.63, 3.8) is 0 Å². The molecule has 1 fully saturated rings. The maximum absolute atomic E-state index is 11.8. The lowest BCUT2D eigenvalue weighted by Gasteiger charge is -2.34. The number of nitrogens with one attached hydrogen (secondary N) is 2. The van der Waals surface area contributed by atoms with Crippen molar-refractivity contribution in [2.24, 2.45) is 5.73 Å². The Hall–Kier alpha value is -1.83. The van der Waals surface area contributed by atoms with E-state index < -0.39 is 29.5 Å². The van der Waals surface area contributed by atoms with Gasteiger partial charge in [-0.15, -0.1) is 0 Å². The monoisotopic (exact) mass is 287 g/mol. The predicted octanol–water partition coefficient (Wildman–Crippen LogP) is -0.427. The number of nitrogens with two attached hydrogens (primary N) is 1. The van der Waals surface area contributed by atoms with E-state index in [4.69, 9.17) is 15.6 Å². The second-order valence-corrected chi connectivity index (χ2v) is 5.21. The maximum Gasteiger partial charge on any atom is 0.326 e. The number of carbonyl (C=O) groups is 3. The van der Waals surface area contributed by atoms with Crippen LogP contribution in [0.3, 0.4) is 0 Å². The van der Waals surface area contributed by atoms with Gasteiger partial charge in [0, 0.05) is 13.0 Å². The van der Waals surface area contributed by atoms with Crippen LogP contribution in [-0.2, 0) is 14.3 Å². The molecule has 2 atom stereocenters. The van der Waals surface area contributed by atoms with Gasteiger partial charge in [0.25, 0.3) is 0 Å². The number of carbonyl (C=O) groups excluding carboxylic acids is 2. The van der Waals surface area contributed by atoms with Crippen LogP contribution in [0.1, 0.15) is 32.6 Å². The molecule has 0 saturated carbocycles. The molecule has 8 heteroatoms. The minimum Gasteiger partial charge on any atom is -0.480 e. The molecule has 0 bridgehead atoms. The third kappa shape index (κ3) is 5.43. The summed E-state index contributed by atoms with van der Waals surface area (Å²) < 4.78 is 5.30. The first-order chi connectivity index (χ1) is 9.32. The lowest BCUT2D eigenvalue weighted by atomic mass is 9.95. The third-order valence-corrected chi connectivity index (χ3v) is 3.14.